The molecule has 7 heteroatoms. The van der Waals surface area contributed by atoms with Crippen LogP contribution in [0.3, 0.4) is 0 Å². The lowest BCUT2D eigenvalue weighted by Gasteiger charge is -2.25. The number of nitrogens with zero attached hydrogens (tertiary/aromatic N) is 1. The molecule has 174 valence electrons. The molecule has 0 unspecified atom stereocenters. The molecule has 3 rings (SSSR count). The van der Waals surface area contributed by atoms with Crippen LogP contribution in [-0.2, 0) is 20.6 Å². The summed E-state index contributed by atoms with van der Waals surface area (Å²) in [4.78, 5) is 12.9. The molecule has 0 radical (unpaired) electrons. The number of aryl methyl sites for hydroxylation is 3. The van der Waals surface area contributed by atoms with Gasteiger partial charge in [-0.25, -0.2) is 8.42 Å². The Morgan fingerprint density at radius 3 is 2.27 bits per heavy atom. The Hall–Kier alpha value is -2.77. The van der Waals surface area contributed by atoms with Crippen LogP contribution in [0.15, 0.2) is 77.7 Å². The highest BCUT2D eigenvalue weighted by Gasteiger charge is 2.27. The maximum Gasteiger partial charge on any atom is 0.264 e. The molecular weight excluding hydrogens is 452 g/mol. The number of benzene rings is 3. The van der Waals surface area contributed by atoms with Gasteiger partial charge in [-0.05, 0) is 61.7 Å². The summed E-state index contributed by atoms with van der Waals surface area (Å²) in [7, 11) is -3.90. The van der Waals surface area contributed by atoms with Crippen LogP contribution in [0.2, 0.25) is 0 Å². The van der Waals surface area contributed by atoms with Gasteiger partial charge in [0.15, 0.2) is 0 Å². The van der Waals surface area contributed by atoms with Crippen LogP contribution in [0, 0.1) is 20.8 Å². The molecule has 0 aliphatic carbocycles. The molecule has 0 aliphatic rings. The predicted octanol–water partition coefficient (Wildman–Crippen LogP) is 4.86. The normalized spacial score (nSPS) is 11.2. The number of nitrogens with one attached hydrogen (secondary N) is 1. The molecule has 0 saturated heterocycles. The second-order valence-corrected chi connectivity index (χ2v) is 10.9. The van der Waals surface area contributed by atoms with E-state index in [9.17, 15) is 13.2 Å². The van der Waals surface area contributed by atoms with Gasteiger partial charge in [0.2, 0.25) is 5.91 Å². The molecule has 0 aromatic heterocycles. The van der Waals surface area contributed by atoms with Crippen molar-refractivity contribution in [3.8, 4) is 0 Å². The fourth-order valence-electron chi connectivity index (χ4n) is 3.25. The first-order valence-corrected chi connectivity index (χ1v) is 13.4. The van der Waals surface area contributed by atoms with Gasteiger partial charge in [-0.1, -0.05) is 54.1 Å². The van der Waals surface area contributed by atoms with Crippen molar-refractivity contribution in [2.24, 2.45) is 0 Å². The first-order valence-electron chi connectivity index (χ1n) is 10.8. The van der Waals surface area contributed by atoms with Crippen molar-refractivity contribution < 1.29 is 13.2 Å². The summed E-state index contributed by atoms with van der Waals surface area (Å²) in [5.74, 6) is 1.28. The lowest BCUT2D eigenvalue weighted by Crippen LogP contribution is -2.41. The quantitative estimate of drug-likeness (QED) is 0.419. The van der Waals surface area contributed by atoms with Gasteiger partial charge in [-0.2, -0.15) is 11.8 Å². The third-order valence-electron chi connectivity index (χ3n) is 5.35. The van der Waals surface area contributed by atoms with E-state index in [1.165, 1.54) is 9.87 Å². The molecule has 3 aromatic rings. The molecule has 0 saturated carbocycles. The SMILES string of the molecule is Cc1ccc(S(=O)(=O)N(CC(=O)NCCSCc2ccccc2)c2ccc(C)c(C)c2)cc1. The summed E-state index contributed by atoms with van der Waals surface area (Å²) in [6, 6.07) is 22.3. The lowest BCUT2D eigenvalue weighted by molar-refractivity contribution is -0.119. The zero-order valence-electron chi connectivity index (χ0n) is 19.2. The summed E-state index contributed by atoms with van der Waals surface area (Å²) < 4.78 is 28.1. The minimum absolute atomic E-state index is 0.164. The average Bonchev–Trinajstić information content (AvgIpc) is 2.80. The highest BCUT2D eigenvalue weighted by molar-refractivity contribution is 7.98. The van der Waals surface area contributed by atoms with Crippen LogP contribution in [0.25, 0.3) is 0 Å². The molecule has 0 spiro atoms. The molecule has 0 heterocycles. The molecule has 33 heavy (non-hydrogen) atoms. The monoisotopic (exact) mass is 482 g/mol. The summed E-state index contributed by atoms with van der Waals surface area (Å²) in [5.41, 5.74) is 4.71. The third-order valence-corrected chi connectivity index (χ3v) is 8.17. The topological polar surface area (TPSA) is 66.5 Å². The standard InChI is InChI=1S/C26H30N2O3S2/c1-20-9-13-25(14-10-20)33(30,31)28(24-12-11-21(2)22(3)17-24)18-26(29)27-15-16-32-19-23-7-5-4-6-8-23/h4-14,17H,15-16,18-19H2,1-3H3,(H,27,29). The van der Waals surface area contributed by atoms with Crippen molar-refractivity contribution in [2.45, 2.75) is 31.4 Å². The maximum atomic E-state index is 13.5. The highest BCUT2D eigenvalue weighted by atomic mass is 32.2. The summed E-state index contributed by atoms with van der Waals surface area (Å²) in [6.45, 7) is 6.00. The fourth-order valence-corrected chi connectivity index (χ4v) is 5.48. The second-order valence-electron chi connectivity index (χ2n) is 7.98. The van der Waals surface area contributed by atoms with E-state index in [2.05, 4.69) is 17.4 Å². The summed E-state index contributed by atoms with van der Waals surface area (Å²) >= 11 is 1.72. The first-order chi connectivity index (χ1) is 15.8. The van der Waals surface area contributed by atoms with Gasteiger partial charge in [0.05, 0.1) is 10.6 Å². The van der Waals surface area contributed by atoms with Gasteiger partial charge in [0.1, 0.15) is 6.54 Å². The summed E-state index contributed by atoms with van der Waals surface area (Å²) in [5, 5.41) is 2.86. The van der Waals surface area contributed by atoms with Crippen molar-refractivity contribution in [3.05, 3.63) is 95.1 Å². The largest absolute Gasteiger partial charge is 0.354 e. The van der Waals surface area contributed by atoms with E-state index in [0.717, 1.165) is 28.2 Å². The van der Waals surface area contributed by atoms with E-state index in [4.69, 9.17) is 0 Å². The van der Waals surface area contributed by atoms with E-state index in [1.807, 2.05) is 51.1 Å². The van der Waals surface area contributed by atoms with Crippen molar-refractivity contribution in [2.75, 3.05) is 23.1 Å². The van der Waals surface area contributed by atoms with Crippen LogP contribution in [-0.4, -0.2) is 33.2 Å². The molecule has 0 bridgehead atoms. The third kappa shape index (κ3) is 6.85. The van der Waals surface area contributed by atoms with Crippen molar-refractivity contribution in [1.29, 1.82) is 0 Å². The van der Waals surface area contributed by atoms with Crippen LogP contribution < -0.4 is 9.62 Å². The average molecular weight is 483 g/mol. The number of thioether (sulfide) groups is 1. The Labute approximate surface area is 201 Å². The van der Waals surface area contributed by atoms with Crippen LogP contribution >= 0.6 is 11.8 Å². The van der Waals surface area contributed by atoms with Gasteiger partial charge in [-0.3, -0.25) is 9.10 Å². The van der Waals surface area contributed by atoms with Crippen LogP contribution in [0.5, 0.6) is 0 Å². The van der Waals surface area contributed by atoms with Crippen LogP contribution in [0.4, 0.5) is 5.69 Å². The lowest BCUT2D eigenvalue weighted by atomic mass is 10.1. The molecule has 1 amide bonds. The number of amides is 1. The second kappa shape index (κ2) is 11.4. The van der Waals surface area contributed by atoms with E-state index in [0.29, 0.717) is 12.2 Å². The Kier molecular flexibility index (Phi) is 8.58. The summed E-state index contributed by atoms with van der Waals surface area (Å²) in [6.07, 6.45) is 0. The Morgan fingerprint density at radius 1 is 0.909 bits per heavy atom. The van der Waals surface area contributed by atoms with Gasteiger partial charge >= 0.3 is 0 Å². The minimum atomic E-state index is -3.90. The number of hydrogen-bond donors (Lipinski definition) is 1. The molecule has 0 fully saturated rings. The van der Waals surface area contributed by atoms with Crippen LogP contribution in [0.1, 0.15) is 22.3 Å². The van der Waals surface area contributed by atoms with Gasteiger partial charge in [0, 0.05) is 18.1 Å². The highest BCUT2D eigenvalue weighted by Crippen LogP contribution is 2.26. The van der Waals surface area contributed by atoms with Gasteiger partial charge < -0.3 is 5.32 Å². The minimum Gasteiger partial charge on any atom is -0.354 e. The van der Waals surface area contributed by atoms with Gasteiger partial charge in [-0.15, -0.1) is 0 Å². The number of anilines is 1. The number of sulfonamides is 1. The zero-order valence-corrected chi connectivity index (χ0v) is 20.9. The van der Waals surface area contributed by atoms with E-state index < -0.39 is 10.0 Å². The van der Waals surface area contributed by atoms with Gasteiger partial charge in [0.25, 0.3) is 10.0 Å². The Balaban J connectivity index is 1.69. The number of hydrogen-bond acceptors (Lipinski definition) is 4. The molecule has 1 N–H and O–H groups in total. The fraction of sp³-hybridized carbons (Fsp3) is 0.269. The number of rotatable bonds is 10. The molecular formula is C26H30N2O3S2. The van der Waals surface area contributed by atoms with E-state index in [1.54, 1.807) is 42.1 Å². The van der Waals surface area contributed by atoms with E-state index >= 15 is 0 Å². The number of carbonyl (C=O) groups excluding carboxylic acids is 1. The van der Waals surface area contributed by atoms with Crippen molar-refractivity contribution >= 4 is 33.4 Å². The Bertz CT molecular complexity index is 1180. The predicted molar refractivity (Wildman–Crippen MR) is 137 cm³/mol. The maximum absolute atomic E-state index is 13.5. The van der Waals surface area contributed by atoms with Crippen molar-refractivity contribution in [3.63, 3.8) is 0 Å². The first kappa shape index (κ1) is 24.9. The molecule has 5 nitrogen and oxygen atoms in total. The molecule has 0 aliphatic heterocycles. The molecule has 3 aromatic carbocycles. The zero-order chi connectivity index (χ0) is 23.8. The smallest absolute Gasteiger partial charge is 0.264 e. The van der Waals surface area contributed by atoms with E-state index in [-0.39, 0.29) is 17.3 Å². The molecule has 0 atom stereocenters. The van der Waals surface area contributed by atoms with Crippen molar-refractivity contribution in [1.82, 2.24) is 5.32 Å². The number of carbonyl (C=O) groups is 1. The Morgan fingerprint density at radius 2 is 1.61 bits per heavy atom.